The van der Waals surface area contributed by atoms with Crippen LogP contribution in [0.15, 0.2) is 48.6 Å². The highest BCUT2D eigenvalue weighted by Gasteiger charge is 2.18. The maximum Gasteiger partial charge on any atom is 0.220 e. The van der Waals surface area contributed by atoms with Crippen LogP contribution in [0.2, 0.25) is 0 Å². The van der Waals surface area contributed by atoms with Crippen LogP contribution in [0.4, 0.5) is 0 Å². The zero-order valence-electron chi connectivity index (χ0n) is 49.0. The molecule has 1 amide bonds. The lowest BCUT2D eigenvalue weighted by atomic mass is 10.0. The fourth-order valence-corrected chi connectivity index (χ4v) is 10.3. The maximum atomic E-state index is 12.5. The van der Waals surface area contributed by atoms with E-state index in [9.17, 15) is 15.0 Å². The second kappa shape index (κ2) is 63.6. The van der Waals surface area contributed by atoms with Gasteiger partial charge in [-0.25, -0.2) is 0 Å². The van der Waals surface area contributed by atoms with Gasteiger partial charge in [-0.1, -0.05) is 339 Å². The Morgan fingerprint density at radius 2 is 0.583 bits per heavy atom. The SMILES string of the molecule is CCCCCCC/C=C\C/C=C\CCCCCCCCCCCCCCCCCCCCCCCCCCCCCC(=O)NC(CO)C(O)/C=C/CC/C=C/CCCCCCCCCCCCCCCCC. The highest BCUT2D eigenvalue weighted by atomic mass is 16.3. The number of aliphatic hydroxyl groups is 2. The third-order valence-corrected chi connectivity index (χ3v) is 15.3. The van der Waals surface area contributed by atoms with Crippen LogP contribution in [0, 0.1) is 0 Å². The number of carbonyl (C=O) groups excluding carboxylic acids is 1. The lowest BCUT2D eigenvalue weighted by molar-refractivity contribution is -0.123. The molecule has 0 heterocycles. The van der Waals surface area contributed by atoms with Gasteiger partial charge in [0.2, 0.25) is 5.91 Å². The van der Waals surface area contributed by atoms with Crippen LogP contribution in [0.25, 0.3) is 0 Å². The fraction of sp³-hybridized carbons (Fsp3) is 0.868. The molecule has 0 aromatic carbocycles. The Hall–Kier alpha value is -1.65. The molecule has 0 aliphatic heterocycles. The second-order valence-corrected chi connectivity index (χ2v) is 22.5. The molecular formula is C68H129NO3. The Morgan fingerprint density at radius 3 is 0.889 bits per heavy atom. The van der Waals surface area contributed by atoms with Gasteiger partial charge >= 0.3 is 0 Å². The Labute approximate surface area is 452 Å². The number of hydrogen-bond donors (Lipinski definition) is 3. The fourth-order valence-electron chi connectivity index (χ4n) is 10.3. The summed E-state index contributed by atoms with van der Waals surface area (Å²) in [5, 5.41) is 23.2. The van der Waals surface area contributed by atoms with Crippen molar-refractivity contribution < 1.29 is 15.0 Å². The molecule has 424 valence electrons. The molecule has 0 aliphatic rings. The molecule has 4 heteroatoms. The minimum atomic E-state index is -0.862. The van der Waals surface area contributed by atoms with Gasteiger partial charge in [0, 0.05) is 6.42 Å². The summed E-state index contributed by atoms with van der Waals surface area (Å²) in [5.41, 5.74) is 0. The lowest BCUT2D eigenvalue weighted by Gasteiger charge is -2.19. The first-order chi connectivity index (χ1) is 35.7. The monoisotopic (exact) mass is 1010 g/mol. The summed E-state index contributed by atoms with van der Waals surface area (Å²) in [4.78, 5) is 12.5. The quantitative estimate of drug-likeness (QED) is 0.0420. The van der Waals surface area contributed by atoms with Gasteiger partial charge in [0.15, 0.2) is 0 Å². The maximum absolute atomic E-state index is 12.5. The summed E-state index contributed by atoms with van der Waals surface area (Å²) in [6.07, 6.45) is 89.0. The lowest BCUT2D eigenvalue weighted by Crippen LogP contribution is -2.45. The molecule has 2 atom stereocenters. The zero-order valence-corrected chi connectivity index (χ0v) is 49.0. The number of hydrogen-bond acceptors (Lipinski definition) is 3. The minimum absolute atomic E-state index is 0.0669. The number of amides is 1. The molecule has 4 nitrogen and oxygen atoms in total. The number of aliphatic hydroxyl groups excluding tert-OH is 2. The van der Waals surface area contributed by atoms with Crippen molar-refractivity contribution in [3.8, 4) is 0 Å². The van der Waals surface area contributed by atoms with E-state index in [4.69, 9.17) is 0 Å². The highest BCUT2D eigenvalue weighted by Crippen LogP contribution is 2.18. The predicted octanol–water partition coefficient (Wildman–Crippen LogP) is 22.2. The molecule has 2 unspecified atom stereocenters. The van der Waals surface area contributed by atoms with Crippen LogP contribution in [0.1, 0.15) is 361 Å². The Morgan fingerprint density at radius 1 is 0.333 bits per heavy atom. The van der Waals surface area contributed by atoms with Crippen molar-refractivity contribution >= 4 is 5.91 Å². The third kappa shape index (κ3) is 59.2. The van der Waals surface area contributed by atoms with Gasteiger partial charge in [-0.3, -0.25) is 4.79 Å². The molecule has 0 fully saturated rings. The van der Waals surface area contributed by atoms with Crippen molar-refractivity contribution in [2.45, 2.75) is 373 Å². The first-order valence-electron chi connectivity index (χ1n) is 32.9. The van der Waals surface area contributed by atoms with Crippen LogP contribution < -0.4 is 5.32 Å². The van der Waals surface area contributed by atoms with E-state index >= 15 is 0 Å². The van der Waals surface area contributed by atoms with Crippen LogP contribution in [-0.4, -0.2) is 34.9 Å². The van der Waals surface area contributed by atoms with Crippen LogP contribution in [0.3, 0.4) is 0 Å². The van der Waals surface area contributed by atoms with Gasteiger partial charge in [0.25, 0.3) is 0 Å². The topological polar surface area (TPSA) is 69.6 Å². The number of unbranched alkanes of at least 4 members (excludes halogenated alkanes) is 48. The van der Waals surface area contributed by atoms with Crippen LogP contribution in [-0.2, 0) is 4.79 Å². The summed E-state index contributed by atoms with van der Waals surface area (Å²) in [6, 6.07) is -0.639. The number of carbonyl (C=O) groups is 1. The average molecular weight is 1010 g/mol. The van der Waals surface area contributed by atoms with E-state index in [1.54, 1.807) is 6.08 Å². The number of nitrogens with one attached hydrogen (secondary N) is 1. The van der Waals surface area contributed by atoms with E-state index in [-0.39, 0.29) is 12.5 Å². The molecule has 0 saturated heterocycles. The van der Waals surface area contributed by atoms with E-state index in [2.05, 4.69) is 55.6 Å². The van der Waals surface area contributed by atoms with Gasteiger partial charge in [0.1, 0.15) is 0 Å². The van der Waals surface area contributed by atoms with E-state index < -0.39 is 12.1 Å². The average Bonchev–Trinajstić information content (AvgIpc) is 3.39. The first-order valence-corrected chi connectivity index (χ1v) is 32.9. The molecule has 0 aromatic heterocycles. The summed E-state index contributed by atoms with van der Waals surface area (Å²) in [5.74, 6) is -0.0669. The molecule has 3 N–H and O–H groups in total. The van der Waals surface area contributed by atoms with Crippen molar-refractivity contribution in [2.75, 3.05) is 6.61 Å². The minimum Gasteiger partial charge on any atom is -0.394 e. The molecule has 0 aromatic rings. The summed E-state index contributed by atoms with van der Waals surface area (Å²) in [6.45, 7) is 4.32. The number of allylic oxidation sites excluding steroid dienone is 7. The number of rotatable bonds is 61. The summed E-state index contributed by atoms with van der Waals surface area (Å²) >= 11 is 0. The standard InChI is InChI=1S/C68H129NO3/c1-3-5-7-9-11-13-15-17-19-21-23-25-26-27-28-29-30-31-32-33-34-35-36-37-38-39-40-41-42-44-46-48-50-52-54-56-58-60-62-64-68(72)69-66(65-70)67(71)63-61-59-57-55-53-51-49-47-45-43-24-22-20-18-16-14-12-10-8-6-4-2/h15,17,21,23,53,55,61,63,66-67,70-71H,3-14,16,18-20,22,24-52,54,56-60,62,64-65H2,1-2H3,(H,69,72)/b17-15-,23-21-,55-53+,63-61+. The smallest absolute Gasteiger partial charge is 0.220 e. The van der Waals surface area contributed by atoms with Gasteiger partial charge in [0.05, 0.1) is 18.8 Å². The van der Waals surface area contributed by atoms with Crippen molar-refractivity contribution in [2.24, 2.45) is 0 Å². The van der Waals surface area contributed by atoms with Gasteiger partial charge in [-0.05, 0) is 64.2 Å². The second-order valence-electron chi connectivity index (χ2n) is 22.5. The molecular weight excluding hydrogens is 879 g/mol. The van der Waals surface area contributed by atoms with Gasteiger partial charge in [-0.2, -0.15) is 0 Å². The van der Waals surface area contributed by atoms with Gasteiger partial charge in [-0.15, -0.1) is 0 Å². The van der Waals surface area contributed by atoms with Crippen molar-refractivity contribution in [1.29, 1.82) is 0 Å². The van der Waals surface area contributed by atoms with Crippen molar-refractivity contribution in [3.05, 3.63) is 48.6 Å². The molecule has 0 rings (SSSR count). The predicted molar refractivity (Wildman–Crippen MR) is 322 cm³/mol. The van der Waals surface area contributed by atoms with E-state index in [0.717, 1.165) is 38.5 Å². The molecule has 0 spiro atoms. The third-order valence-electron chi connectivity index (χ3n) is 15.3. The Bertz CT molecular complexity index is 1140. The highest BCUT2D eigenvalue weighted by molar-refractivity contribution is 5.76. The largest absolute Gasteiger partial charge is 0.394 e. The van der Waals surface area contributed by atoms with Crippen LogP contribution >= 0.6 is 0 Å². The zero-order chi connectivity index (χ0) is 52.0. The van der Waals surface area contributed by atoms with E-state index in [1.165, 1.54) is 302 Å². The van der Waals surface area contributed by atoms with Crippen LogP contribution in [0.5, 0.6) is 0 Å². The van der Waals surface area contributed by atoms with E-state index in [0.29, 0.717) is 6.42 Å². The molecule has 0 saturated carbocycles. The Balaban J connectivity index is 3.42. The summed E-state index contributed by atoms with van der Waals surface area (Å²) in [7, 11) is 0. The van der Waals surface area contributed by atoms with E-state index in [1.807, 2.05) is 6.08 Å². The van der Waals surface area contributed by atoms with Crippen molar-refractivity contribution in [1.82, 2.24) is 5.32 Å². The van der Waals surface area contributed by atoms with Gasteiger partial charge < -0.3 is 15.5 Å². The Kier molecular flexibility index (Phi) is 62.2. The molecule has 72 heavy (non-hydrogen) atoms. The normalized spacial score (nSPS) is 13.0. The van der Waals surface area contributed by atoms with Crippen molar-refractivity contribution in [3.63, 3.8) is 0 Å². The molecule has 0 radical (unpaired) electrons. The first kappa shape index (κ1) is 70.3. The molecule has 0 bridgehead atoms. The molecule has 0 aliphatic carbocycles. The summed E-state index contributed by atoms with van der Waals surface area (Å²) < 4.78 is 0.